The fourth-order valence-electron chi connectivity index (χ4n) is 1.27. The van der Waals surface area contributed by atoms with Gasteiger partial charge in [0.1, 0.15) is 24.3 Å². The van der Waals surface area contributed by atoms with E-state index in [0.29, 0.717) is 0 Å². The van der Waals surface area contributed by atoms with Crippen LogP contribution in [0.15, 0.2) is 12.1 Å². The molecule has 0 saturated carbocycles. The number of aryl methyl sites for hydroxylation is 1. The second-order valence-corrected chi connectivity index (χ2v) is 3.49. The van der Waals surface area contributed by atoms with Gasteiger partial charge in [-0.05, 0) is 18.6 Å². The van der Waals surface area contributed by atoms with Crippen molar-refractivity contribution < 1.29 is 22.7 Å². The molecular formula is C10H11F4NO. The van der Waals surface area contributed by atoms with Crippen LogP contribution < -0.4 is 5.73 Å². The summed E-state index contributed by atoms with van der Waals surface area (Å²) in [6, 6.07) is -0.226. The van der Waals surface area contributed by atoms with Crippen molar-refractivity contribution in [2.24, 2.45) is 5.73 Å². The Bertz CT molecular complexity index is 395. The molecule has 1 aromatic rings. The van der Waals surface area contributed by atoms with Gasteiger partial charge < -0.3 is 10.8 Å². The number of aliphatic hydroxyl groups excluding tert-OH is 1. The molecule has 0 amide bonds. The van der Waals surface area contributed by atoms with Crippen LogP contribution in [0.3, 0.4) is 0 Å². The topological polar surface area (TPSA) is 46.2 Å². The first-order valence-corrected chi connectivity index (χ1v) is 4.50. The lowest BCUT2D eigenvalue weighted by atomic mass is 9.98. The Morgan fingerprint density at radius 2 is 1.94 bits per heavy atom. The predicted octanol–water partition coefficient (Wildman–Crippen LogP) is 1.90. The van der Waals surface area contributed by atoms with Crippen LogP contribution in [0.2, 0.25) is 0 Å². The predicted molar refractivity (Wildman–Crippen MR) is 50.1 cm³/mol. The van der Waals surface area contributed by atoms with Gasteiger partial charge in [-0.1, -0.05) is 6.07 Å². The molecule has 0 bridgehead atoms. The molecule has 0 radical (unpaired) electrons. The van der Waals surface area contributed by atoms with E-state index in [1.54, 1.807) is 0 Å². The number of alkyl halides is 2. The Kier molecular flexibility index (Phi) is 3.54. The van der Waals surface area contributed by atoms with Gasteiger partial charge >= 0.3 is 0 Å². The minimum atomic E-state index is -3.77. The second kappa shape index (κ2) is 4.39. The summed E-state index contributed by atoms with van der Waals surface area (Å²) in [5.74, 6) is -6.03. The van der Waals surface area contributed by atoms with E-state index in [9.17, 15) is 17.6 Å². The zero-order chi connectivity index (χ0) is 12.5. The van der Waals surface area contributed by atoms with Crippen LogP contribution in [0.4, 0.5) is 17.6 Å². The average molecular weight is 237 g/mol. The van der Waals surface area contributed by atoms with E-state index in [4.69, 9.17) is 10.8 Å². The summed E-state index contributed by atoms with van der Waals surface area (Å²) in [7, 11) is 0. The van der Waals surface area contributed by atoms with Gasteiger partial charge in [-0.2, -0.15) is 0 Å². The summed E-state index contributed by atoms with van der Waals surface area (Å²) in [5, 5.41) is 8.40. The average Bonchev–Trinajstić information content (AvgIpc) is 2.24. The third-order valence-corrected chi connectivity index (χ3v) is 2.30. The van der Waals surface area contributed by atoms with Gasteiger partial charge in [-0.25, -0.2) is 17.6 Å². The van der Waals surface area contributed by atoms with Crippen LogP contribution >= 0.6 is 0 Å². The van der Waals surface area contributed by atoms with Crippen molar-refractivity contribution in [3.63, 3.8) is 0 Å². The number of nitrogens with two attached hydrogens (primary N) is 1. The van der Waals surface area contributed by atoms with Gasteiger partial charge in [-0.3, -0.25) is 0 Å². The van der Waals surface area contributed by atoms with E-state index in [-0.39, 0.29) is 5.56 Å². The summed E-state index contributed by atoms with van der Waals surface area (Å²) >= 11 is 0. The third kappa shape index (κ3) is 2.17. The zero-order valence-electron chi connectivity index (χ0n) is 8.48. The standard InChI is InChI=1S/C10H11F4NO/c1-5-2-3-6(11)7(8(5)12)9(15)10(13,14)4-16/h2-3,9,16H,4,15H2,1H3/t9-/m0/s1. The maximum atomic E-state index is 13.4. The van der Waals surface area contributed by atoms with Crippen LogP contribution in [-0.4, -0.2) is 17.6 Å². The Labute approximate surface area is 89.7 Å². The van der Waals surface area contributed by atoms with E-state index >= 15 is 0 Å². The zero-order valence-corrected chi connectivity index (χ0v) is 8.48. The monoisotopic (exact) mass is 237 g/mol. The van der Waals surface area contributed by atoms with Gasteiger partial charge in [0.15, 0.2) is 0 Å². The maximum Gasteiger partial charge on any atom is 0.289 e. The Balaban J connectivity index is 3.28. The fraction of sp³-hybridized carbons (Fsp3) is 0.400. The van der Waals surface area contributed by atoms with Gasteiger partial charge in [0.25, 0.3) is 5.92 Å². The highest BCUT2D eigenvalue weighted by molar-refractivity contribution is 5.30. The largest absolute Gasteiger partial charge is 0.390 e. The minimum Gasteiger partial charge on any atom is -0.390 e. The number of benzene rings is 1. The molecule has 0 heterocycles. The molecule has 6 heteroatoms. The van der Waals surface area contributed by atoms with E-state index in [1.165, 1.54) is 6.92 Å². The van der Waals surface area contributed by atoms with Crippen molar-refractivity contribution >= 4 is 0 Å². The number of halogens is 4. The highest BCUT2D eigenvalue weighted by Crippen LogP contribution is 2.32. The summed E-state index contributed by atoms with van der Waals surface area (Å²) in [6.45, 7) is -0.261. The van der Waals surface area contributed by atoms with E-state index in [2.05, 4.69) is 0 Å². The molecule has 90 valence electrons. The highest BCUT2D eigenvalue weighted by atomic mass is 19.3. The highest BCUT2D eigenvalue weighted by Gasteiger charge is 2.40. The maximum absolute atomic E-state index is 13.4. The first kappa shape index (κ1) is 12.9. The van der Waals surface area contributed by atoms with Crippen LogP contribution in [0, 0.1) is 18.6 Å². The van der Waals surface area contributed by atoms with Gasteiger partial charge in [-0.15, -0.1) is 0 Å². The van der Waals surface area contributed by atoms with Crippen LogP contribution in [0.1, 0.15) is 17.2 Å². The summed E-state index contributed by atoms with van der Waals surface area (Å²) in [6.07, 6.45) is 0. The number of hydrogen-bond donors (Lipinski definition) is 2. The lowest BCUT2D eigenvalue weighted by Crippen LogP contribution is -2.37. The normalized spacial score (nSPS) is 13.9. The molecule has 1 aromatic carbocycles. The van der Waals surface area contributed by atoms with E-state index in [0.717, 1.165) is 12.1 Å². The van der Waals surface area contributed by atoms with Gasteiger partial charge in [0, 0.05) is 5.56 Å². The molecule has 16 heavy (non-hydrogen) atoms. The Morgan fingerprint density at radius 3 is 2.44 bits per heavy atom. The molecule has 0 aliphatic heterocycles. The lowest BCUT2D eigenvalue weighted by Gasteiger charge is -2.22. The molecule has 2 nitrogen and oxygen atoms in total. The Morgan fingerprint density at radius 1 is 1.38 bits per heavy atom. The van der Waals surface area contributed by atoms with E-state index < -0.39 is 35.8 Å². The van der Waals surface area contributed by atoms with Gasteiger partial charge in [0.2, 0.25) is 0 Å². The molecule has 0 aliphatic carbocycles. The molecular weight excluding hydrogens is 226 g/mol. The molecule has 0 fully saturated rings. The molecule has 3 N–H and O–H groups in total. The molecule has 0 saturated heterocycles. The summed E-state index contributed by atoms with van der Waals surface area (Å²) in [5.41, 5.74) is 4.17. The van der Waals surface area contributed by atoms with Crippen molar-refractivity contribution in [3.05, 3.63) is 34.9 Å². The molecule has 0 aromatic heterocycles. The van der Waals surface area contributed by atoms with Crippen LogP contribution in [-0.2, 0) is 0 Å². The fourth-order valence-corrected chi connectivity index (χ4v) is 1.27. The van der Waals surface area contributed by atoms with E-state index in [1.807, 2.05) is 0 Å². The van der Waals surface area contributed by atoms with Crippen molar-refractivity contribution in [2.75, 3.05) is 6.61 Å². The van der Waals surface area contributed by atoms with Crippen LogP contribution in [0.5, 0.6) is 0 Å². The third-order valence-electron chi connectivity index (χ3n) is 2.30. The van der Waals surface area contributed by atoms with Gasteiger partial charge in [0.05, 0.1) is 0 Å². The minimum absolute atomic E-state index is 0.0144. The summed E-state index contributed by atoms with van der Waals surface area (Å²) in [4.78, 5) is 0. The van der Waals surface area contributed by atoms with Crippen molar-refractivity contribution in [1.82, 2.24) is 0 Å². The number of aliphatic hydroxyl groups is 1. The molecule has 0 aliphatic rings. The SMILES string of the molecule is Cc1ccc(F)c([C@H](N)C(F)(F)CO)c1F. The molecule has 1 atom stereocenters. The smallest absolute Gasteiger partial charge is 0.289 e. The molecule has 0 spiro atoms. The van der Waals surface area contributed by atoms with Crippen molar-refractivity contribution in [2.45, 2.75) is 18.9 Å². The van der Waals surface area contributed by atoms with Crippen molar-refractivity contribution in [3.8, 4) is 0 Å². The Hall–Kier alpha value is -1.14. The number of hydrogen-bond acceptors (Lipinski definition) is 2. The number of rotatable bonds is 3. The first-order valence-electron chi connectivity index (χ1n) is 4.50. The quantitative estimate of drug-likeness (QED) is 0.789. The lowest BCUT2D eigenvalue weighted by molar-refractivity contribution is -0.0726. The van der Waals surface area contributed by atoms with Crippen molar-refractivity contribution in [1.29, 1.82) is 0 Å². The summed E-state index contributed by atoms with van der Waals surface area (Å²) < 4.78 is 52.7. The van der Waals surface area contributed by atoms with Crippen LogP contribution in [0.25, 0.3) is 0 Å². The first-order chi connectivity index (χ1) is 7.31. The molecule has 0 unspecified atom stereocenters. The second-order valence-electron chi connectivity index (χ2n) is 3.49. The molecule has 1 rings (SSSR count).